The number of nitrogens with zero attached hydrogens (tertiary/aromatic N) is 3. The fourth-order valence-corrected chi connectivity index (χ4v) is 3.11. The lowest BCUT2D eigenvalue weighted by atomic mass is 9.80. The normalized spacial score (nSPS) is 21.9. The Morgan fingerprint density at radius 3 is 2.24 bits per heavy atom. The van der Waals surface area contributed by atoms with Crippen LogP contribution in [-0.2, 0) is 0 Å². The molecule has 0 aromatic heterocycles. The molecule has 6 heteroatoms. The zero-order chi connectivity index (χ0) is 14.9. The van der Waals surface area contributed by atoms with E-state index in [-0.39, 0.29) is 10.6 Å². The first kappa shape index (κ1) is 14.3. The molecule has 3 rings (SSSR count). The van der Waals surface area contributed by atoms with E-state index in [1.807, 2.05) is 12.1 Å². The number of anilines is 1. The SMILES string of the molecule is O=[N+]([O-])c1ccc(N2CCN(CC3(O)CCC3)CC2)cc1. The average molecular weight is 291 g/mol. The van der Waals surface area contributed by atoms with Gasteiger partial charge in [-0.15, -0.1) is 0 Å². The zero-order valence-electron chi connectivity index (χ0n) is 12.1. The zero-order valence-corrected chi connectivity index (χ0v) is 12.1. The minimum Gasteiger partial charge on any atom is -0.389 e. The molecule has 1 aliphatic carbocycles. The molecule has 1 saturated heterocycles. The lowest BCUT2D eigenvalue weighted by molar-refractivity contribution is -0.384. The molecule has 0 atom stereocenters. The van der Waals surface area contributed by atoms with E-state index >= 15 is 0 Å². The Labute approximate surface area is 124 Å². The number of piperazine rings is 1. The van der Waals surface area contributed by atoms with Crippen molar-refractivity contribution in [2.75, 3.05) is 37.6 Å². The highest BCUT2D eigenvalue weighted by Crippen LogP contribution is 2.32. The Kier molecular flexibility index (Phi) is 3.82. The van der Waals surface area contributed by atoms with Gasteiger partial charge >= 0.3 is 0 Å². The van der Waals surface area contributed by atoms with Gasteiger partial charge in [-0.3, -0.25) is 15.0 Å². The summed E-state index contributed by atoms with van der Waals surface area (Å²) in [5, 5.41) is 20.9. The molecule has 21 heavy (non-hydrogen) atoms. The van der Waals surface area contributed by atoms with Crippen molar-refractivity contribution in [3.8, 4) is 0 Å². The number of benzene rings is 1. The third kappa shape index (κ3) is 3.16. The van der Waals surface area contributed by atoms with Crippen LogP contribution in [0.3, 0.4) is 0 Å². The Hall–Kier alpha value is -1.66. The van der Waals surface area contributed by atoms with Gasteiger partial charge in [-0.2, -0.15) is 0 Å². The van der Waals surface area contributed by atoms with Crippen molar-refractivity contribution in [3.05, 3.63) is 34.4 Å². The van der Waals surface area contributed by atoms with E-state index in [0.717, 1.165) is 57.7 Å². The summed E-state index contributed by atoms with van der Waals surface area (Å²) in [6.07, 6.45) is 2.99. The maximum atomic E-state index is 10.7. The van der Waals surface area contributed by atoms with E-state index < -0.39 is 5.60 Å². The second-order valence-corrected chi connectivity index (χ2v) is 6.11. The molecule has 0 amide bonds. The number of rotatable bonds is 4. The van der Waals surface area contributed by atoms with Gasteiger partial charge in [0.15, 0.2) is 0 Å². The van der Waals surface area contributed by atoms with Crippen molar-refractivity contribution in [2.24, 2.45) is 0 Å². The maximum Gasteiger partial charge on any atom is 0.269 e. The van der Waals surface area contributed by atoms with Gasteiger partial charge in [-0.05, 0) is 31.4 Å². The monoisotopic (exact) mass is 291 g/mol. The number of aliphatic hydroxyl groups is 1. The molecule has 1 aromatic rings. The maximum absolute atomic E-state index is 10.7. The van der Waals surface area contributed by atoms with Crippen LogP contribution in [0.25, 0.3) is 0 Å². The molecular formula is C15H21N3O3. The Balaban J connectivity index is 1.54. The van der Waals surface area contributed by atoms with Gasteiger partial charge in [0.2, 0.25) is 0 Å². The summed E-state index contributed by atoms with van der Waals surface area (Å²) in [5.74, 6) is 0. The number of β-amino-alcohol motifs (C(OH)–C–C–N with tert-alkyl or cyclic N) is 1. The molecule has 1 aliphatic heterocycles. The molecule has 114 valence electrons. The predicted molar refractivity (Wildman–Crippen MR) is 80.6 cm³/mol. The lowest BCUT2D eigenvalue weighted by Crippen LogP contribution is -2.54. The number of non-ortho nitro benzene ring substituents is 1. The second kappa shape index (κ2) is 5.61. The highest BCUT2D eigenvalue weighted by atomic mass is 16.6. The quantitative estimate of drug-likeness (QED) is 0.674. The molecule has 2 aliphatic rings. The minimum absolute atomic E-state index is 0.129. The first-order chi connectivity index (χ1) is 10.1. The molecule has 0 radical (unpaired) electrons. The van der Waals surface area contributed by atoms with Gasteiger partial charge in [-0.1, -0.05) is 0 Å². The van der Waals surface area contributed by atoms with E-state index in [1.54, 1.807) is 12.1 Å². The Morgan fingerprint density at radius 1 is 1.14 bits per heavy atom. The lowest BCUT2D eigenvalue weighted by Gasteiger charge is -2.43. The molecule has 6 nitrogen and oxygen atoms in total. The van der Waals surface area contributed by atoms with E-state index in [4.69, 9.17) is 0 Å². The predicted octanol–water partition coefficient (Wildman–Crippen LogP) is 1.63. The van der Waals surface area contributed by atoms with Crippen molar-refractivity contribution in [2.45, 2.75) is 24.9 Å². The topological polar surface area (TPSA) is 69.9 Å². The van der Waals surface area contributed by atoms with Crippen LogP contribution >= 0.6 is 0 Å². The average Bonchev–Trinajstić information content (AvgIpc) is 2.46. The summed E-state index contributed by atoms with van der Waals surface area (Å²) >= 11 is 0. The molecule has 1 heterocycles. The van der Waals surface area contributed by atoms with Gasteiger partial charge in [-0.25, -0.2) is 0 Å². The fourth-order valence-electron chi connectivity index (χ4n) is 3.11. The molecule has 1 N–H and O–H groups in total. The molecule has 1 aromatic carbocycles. The van der Waals surface area contributed by atoms with E-state index in [2.05, 4.69) is 9.80 Å². The molecule has 0 spiro atoms. The third-order valence-electron chi connectivity index (χ3n) is 4.60. The van der Waals surface area contributed by atoms with Crippen molar-refractivity contribution >= 4 is 11.4 Å². The number of nitro benzene ring substituents is 1. The van der Waals surface area contributed by atoms with Gasteiger partial charge in [0.05, 0.1) is 10.5 Å². The fraction of sp³-hybridized carbons (Fsp3) is 0.600. The molecule has 1 saturated carbocycles. The van der Waals surface area contributed by atoms with Crippen molar-refractivity contribution in [3.63, 3.8) is 0 Å². The van der Waals surface area contributed by atoms with Crippen LogP contribution in [0.4, 0.5) is 11.4 Å². The Morgan fingerprint density at radius 2 is 1.76 bits per heavy atom. The standard InChI is InChI=1S/C15H21N3O3/c19-15(6-1-7-15)12-16-8-10-17(11-9-16)13-2-4-14(5-3-13)18(20)21/h2-5,19H,1,6-12H2. The van der Waals surface area contributed by atoms with Gasteiger partial charge in [0.25, 0.3) is 5.69 Å². The van der Waals surface area contributed by atoms with E-state index in [0.29, 0.717) is 0 Å². The third-order valence-corrected chi connectivity index (χ3v) is 4.60. The van der Waals surface area contributed by atoms with Crippen molar-refractivity contribution in [1.82, 2.24) is 4.90 Å². The molecule has 0 unspecified atom stereocenters. The van der Waals surface area contributed by atoms with Crippen LogP contribution in [0.2, 0.25) is 0 Å². The first-order valence-corrected chi connectivity index (χ1v) is 7.50. The van der Waals surface area contributed by atoms with Crippen LogP contribution in [-0.4, -0.2) is 53.3 Å². The smallest absolute Gasteiger partial charge is 0.269 e. The van der Waals surface area contributed by atoms with Crippen LogP contribution in [0.1, 0.15) is 19.3 Å². The van der Waals surface area contributed by atoms with E-state index in [1.165, 1.54) is 0 Å². The van der Waals surface area contributed by atoms with Crippen LogP contribution < -0.4 is 4.90 Å². The van der Waals surface area contributed by atoms with Gasteiger partial charge in [0.1, 0.15) is 0 Å². The van der Waals surface area contributed by atoms with Crippen LogP contribution in [0.15, 0.2) is 24.3 Å². The molecule has 2 fully saturated rings. The van der Waals surface area contributed by atoms with Crippen LogP contribution in [0.5, 0.6) is 0 Å². The number of nitro groups is 1. The second-order valence-electron chi connectivity index (χ2n) is 6.11. The summed E-state index contributed by atoms with van der Waals surface area (Å²) in [5.41, 5.74) is 0.711. The summed E-state index contributed by atoms with van der Waals surface area (Å²) in [7, 11) is 0. The van der Waals surface area contributed by atoms with Gasteiger partial charge < -0.3 is 10.0 Å². The van der Waals surface area contributed by atoms with Crippen molar-refractivity contribution in [1.29, 1.82) is 0 Å². The largest absolute Gasteiger partial charge is 0.389 e. The number of hydrogen-bond acceptors (Lipinski definition) is 5. The first-order valence-electron chi connectivity index (χ1n) is 7.50. The molecular weight excluding hydrogens is 270 g/mol. The highest BCUT2D eigenvalue weighted by Gasteiger charge is 2.36. The summed E-state index contributed by atoms with van der Waals surface area (Å²) in [4.78, 5) is 14.8. The Bertz CT molecular complexity index is 505. The summed E-state index contributed by atoms with van der Waals surface area (Å²) in [6, 6.07) is 6.73. The number of hydrogen-bond donors (Lipinski definition) is 1. The van der Waals surface area contributed by atoms with Crippen LogP contribution in [0, 0.1) is 10.1 Å². The molecule has 0 bridgehead atoms. The summed E-state index contributed by atoms with van der Waals surface area (Å²) < 4.78 is 0. The summed E-state index contributed by atoms with van der Waals surface area (Å²) in [6.45, 7) is 4.43. The highest BCUT2D eigenvalue weighted by molar-refractivity contribution is 5.51. The van der Waals surface area contributed by atoms with Crippen molar-refractivity contribution < 1.29 is 10.0 Å². The van der Waals surface area contributed by atoms with Gasteiger partial charge in [0, 0.05) is 50.5 Å². The van der Waals surface area contributed by atoms with E-state index in [9.17, 15) is 15.2 Å². The minimum atomic E-state index is -0.449.